The number of hydrogen-bond donors (Lipinski definition) is 1. The maximum Gasteiger partial charge on any atom is 0.321 e. The number of carbonyl (C=O) groups is 1. The van der Waals surface area contributed by atoms with Gasteiger partial charge in [0.05, 0.1) is 5.69 Å². The number of urea groups is 1. The molecule has 4 rings (SSSR count). The van der Waals surface area contributed by atoms with E-state index < -0.39 is 0 Å². The van der Waals surface area contributed by atoms with Gasteiger partial charge in [0.15, 0.2) is 5.82 Å². The topological polar surface area (TPSA) is 61.4 Å². The van der Waals surface area contributed by atoms with Crippen molar-refractivity contribution in [3.8, 4) is 11.3 Å². The number of amides is 2. The lowest BCUT2D eigenvalue weighted by molar-refractivity contribution is 0.208. The summed E-state index contributed by atoms with van der Waals surface area (Å²) < 4.78 is 0. The number of anilines is 2. The van der Waals surface area contributed by atoms with Gasteiger partial charge in [-0.15, -0.1) is 10.2 Å². The van der Waals surface area contributed by atoms with Crippen LogP contribution in [0.15, 0.2) is 66.7 Å². The summed E-state index contributed by atoms with van der Waals surface area (Å²) in [7, 11) is 0. The van der Waals surface area contributed by atoms with Crippen molar-refractivity contribution in [2.75, 3.05) is 36.4 Å². The molecule has 28 heavy (non-hydrogen) atoms. The van der Waals surface area contributed by atoms with Crippen molar-refractivity contribution in [3.05, 3.63) is 72.3 Å². The van der Waals surface area contributed by atoms with Crippen molar-refractivity contribution in [1.82, 2.24) is 15.1 Å². The average Bonchev–Trinajstić information content (AvgIpc) is 2.75. The van der Waals surface area contributed by atoms with E-state index in [1.165, 1.54) is 0 Å². The fourth-order valence-electron chi connectivity index (χ4n) is 3.32. The van der Waals surface area contributed by atoms with Crippen LogP contribution in [0.4, 0.5) is 16.3 Å². The predicted octanol–water partition coefficient (Wildman–Crippen LogP) is 3.81. The third-order valence-corrected chi connectivity index (χ3v) is 4.88. The minimum atomic E-state index is -0.0595. The first-order chi connectivity index (χ1) is 13.7. The highest BCUT2D eigenvalue weighted by Crippen LogP contribution is 2.19. The molecule has 0 spiro atoms. The Morgan fingerprint density at radius 1 is 0.893 bits per heavy atom. The smallest absolute Gasteiger partial charge is 0.321 e. The molecular weight excluding hydrogens is 350 g/mol. The zero-order valence-electron chi connectivity index (χ0n) is 15.9. The summed E-state index contributed by atoms with van der Waals surface area (Å²) >= 11 is 0. The number of benzene rings is 2. The van der Waals surface area contributed by atoms with Crippen LogP contribution in [-0.4, -0.2) is 47.3 Å². The predicted molar refractivity (Wildman–Crippen MR) is 111 cm³/mol. The third-order valence-electron chi connectivity index (χ3n) is 4.88. The summed E-state index contributed by atoms with van der Waals surface area (Å²) in [5, 5.41) is 11.7. The minimum absolute atomic E-state index is 0.0595. The normalized spacial score (nSPS) is 14.0. The summed E-state index contributed by atoms with van der Waals surface area (Å²) in [6.45, 7) is 4.79. The molecule has 0 unspecified atom stereocenters. The summed E-state index contributed by atoms with van der Waals surface area (Å²) in [5.74, 6) is 0.846. The molecule has 142 valence electrons. The van der Waals surface area contributed by atoms with Gasteiger partial charge in [-0.1, -0.05) is 42.5 Å². The maximum absolute atomic E-state index is 12.5. The van der Waals surface area contributed by atoms with E-state index in [0.717, 1.165) is 41.4 Å². The number of rotatable bonds is 3. The Hall–Kier alpha value is -3.41. The van der Waals surface area contributed by atoms with Gasteiger partial charge in [0.25, 0.3) is 0 Å². The van der Waals surface area contributed by atoms with Crippen molar-refractivity contribution in [2.24, 2.45) is 0 Å². The Bertz CT molecular complexity index is 935. The second-order valence-corrected chi connectivity index (χ2v) is 6.92. The average molecular weight is 373 g/mol. The van der Waals surface area contributed by atoms with Crippen LogP contribution in [0.25, 0.3) is 11.3 Å². The molecule has 2 amide bonds. The molecule has 1 aliphatic heterocycles. The number of nitrogens with one attached hydrogen (secondary N) is 1. The lowest BCUT2D eigenvalue weighted by atomic mass is 10.1. The summed E-state index contributed by atoms with van der Waals surface area (Å²) in [5.41, 5.74) is 3.87. The van der Waals surface area contributed by atoms with Gasteiger partial charge in [0.1, 0.15) is 0 Å². The molecule has 0 aliphatic carbocycles. The fourth-order valence-corrected chi connectivity index (χ4v) is 3.32. The van der Waals surface area contributed by atoms with E-state index in [4.69, 9.17) is 0 Å². The number of piperazine rings is 1. The monoisotopic (exact) mass is 373 g/mol. The van der Waals surface area contributed by atoms with E-state index in [2.05, 4.69) is 20.4 Å². The molecule has 0 saturated carbocycles. The molecular formula is C22H23N5O. The van der Waals surface area contributed by atoms with Crippen LogP contribution in [0, 0.1) is 6.92 Å². The first-order valence-electron chi connectivity index (χ1n) is 9.46. The van der Waals surface area contributed by atoms with Gasteiger partial charge in [-0.2, -0.15) is 0 Å². The highest BCUT2D eigenvalue weighted by molar-refractivity contribution is 5.89. The van der Waals surface area contributed by atoms with Crippen LogP contribution < -0.4 is 10.2 Å². The van der Waals surface area contributed by atoms with Crippen LogP contribution >= 0.6 is 0 Å². The van der Waals surface area contributed by atoms with Gasteiger partial charge in [-0.25, -0.2) is 4.79 Å². The van der Waals surface area contributed by atoms with Crippen molar-refractivity contribution < 1.29 is 4.79 Å². The van der Waals surface area contributed by atoms with Gasteiger partial charge in [0.2, 0.25) is 0 Å². The van der Waals surface area contributed by atoms with E-state index in [9.17, 15) is 4.79 Å². The SMILES string of the molecule is Cc1cccc(NC(=O)N2CCN(c3ccc(-c4ccccc4)nn3)CC2)c1. The minimum Gasteiger partial charge on any atom is -0.352 e. The Morgan fingerprint density at radius 3 is 2.36 bits per heavy atom. The first kappa shape index (κ1) is 18.0. The standard InChI is InChI=1S/C22H23N5O/c1-17-6-5-9-19(16-17)23-22(28)27-14-12-26(13-15-27)21-11-10-20(24-25-21)18-7-3-2-4-8-18/h2-11,16H,12-15H2,1H3,(H,23,28). The number of nitrogens with zero attached hydrogens (tertiary/aromatic N) is 4. The van der Waals surface area contributed by atoms with Gasteiger partial charge >= 0.3 is 6.03 Å². The van der Waals surface area contributed by atoms with Crippen LogP contribution in [0.2, 0.25) is 0 Å². The molecule has 1 saturated heterocycles. The summed E-state index contributed by atoms with van der Waals surface area (Å²) in [4.78, 5) is 16.5. The summed E-state index contributed by atoms with van der Waals surface area (Å²) in [6, 6.07) is 21.8. The van der Waals surface area contributed by atoms with Crippen molar-refractivity contribution in [2.45, 2.75) is 6.92 Å². The number of carbonyl (C=O) groups excluding carboxylic acids is 1. The molecule has 3 aromatic rings. The largest absolute Gasteiger partial charge is 0.352 e. The molecule has 6 heteroatoms. The lowest BCUT2D eigenvalue weighted by Crippen LogP contribution is -2.50. The quantitative estimate of drug-likeness (QED) is 0.758. The Kier molecular flexibility index (Phi) is 5.19. The van der Waals surface area contributed by atoms with Crippen molar-refractivity contribution >= 4 is 17.5 Å². The number of aromatic nitrogens is 2. The molecule has 1 aliphatic rings. The molecule has 0 bridgehead atoms. The zero-order valence-corrected chi connectivity index (χ0v) is 15.9. The molecule has 1 N–H and O–H groups in total. The second-order valence-electron chi connectivity index (χ2n) is 6.92. The molecule has 6 nitrogen and oxygen atoms in total. The van der Waals surface area contributed by atoms with E-state index in [1.54, 1.807) is 0 Å². The first-order valence-corrected chi connectivity index (χ1v) is 9.46. The highest BCUT2D eigenvalue weighted by Gasteiger charge is 2.22. The van der Waals surface area contributed by atoms with Gasteiger partial charge in [0, 0.05) is 37.4 Å². The maximum atomic E-state index is 12.5. The summed E-state index contributed by atoms with van der Waals surface area (Å²) in [6.07, 6.45) is 0. The Balaban J connectivity index is 1.34. The number of aryl methyl sites for hydroxylation is 1. The van der Waals surface area contributed by atoms with Crippen LogP contribution in [-0.2, 0) is 0 Å². The molecule has 1 fully saturated rings. The molecule has 0 atom stereocenters. The zero-order chi connectivity index (χ0) is 19.3. The van der Waals surface area contributed by atoms with Gasteiger partial charge in [-0.05, 0) is 36.8 Å². The van der Waals surface area contributed by atoms with E-state index in [-0.39, 0.29) is 6.03 Å². The Labute approximate surface area is 164 Å². The van der Waals surface area contributed by atoms with Crippen LogP contribution in [0.3, 0.4) is 0 Å². The van der Waals surface area contributed by atoms with E-state index >= 15 is 0 Å². The fraction of sp³-hybridized carbons (Fsp3) is 0.227. The molecule has 2 heterocycles. The highest BCUT2D eigenvalue weighted by atomic mass is 16.2. The second kappa shape index (κ2) is 8.08. The molecule has 1 aromatic heterocycles. The van der Waals surface area contributed by atoms with E-state index in [0.29, 0.717) is 13.1 Å². The third kappa shape index (κ3) is 4.11. The lowest BCUT2D eigenvalue weighted by Gasteiger charge is -2.35. The molecule has 2 aromatic carbocycles. The van der Waals surface area contributed by atoms with Crippen molar-refractivity contribution in [1.29, 1.82) is 0 Å². The van der Waals surface area contributed by atoms with Crippen LogP contribution in [0.5, 0.6) is 0 Å². The van der Waals surface area contributed by atoms with Gasteiger partial charge < -0.3 is 15.1 Å². The molecule has 0 radical (unpaired) electrons. The van der Waals surface area contributed by atoms with E-state index in [1.807, 2.05) is 78.6 Å². The number of hydrogen-bond acceptors (Lipinski definition) is 4. The van der Waals surface area contributed by atoms with Gasteiger partial charge in [-0.3, -0.25) is 0 Å². The van der Waals surface area contributed by atoms with Crippen LogP contribution in [0.1, 0.15) is 5.56 Å². The van der Waals surface area contributed by atoms with Crippen molar-refractivity contribution in [3.63, 3.8) is 0 Å². The Morgan fingerprint density at radius 2 is 1.68 bits per heavy atom.